The van der Waals surface area contributed by atoms with Gasteiger partial charge in [0.25, 0.3) is 0 Å². The van der Waals surface area contributed by atoms with Crippen LogP contribution in [0, 0.1) is 0 Å². The lowest BCUT2D eigenvalue weighted by Gasteiger charge is -2.13. The fraction of sp³-hybridized carbons (Fsp3) is 0.250. The molecule has 2 rings (SSSR count). The quantitative estimate of drug-likeness (QED) is 0.913. The molecule has 3 nitrogen and oxygen atoms in total. The Hall–Kier alpha value is -0.650. The van der Waals surface area contributed by atoms with Crippen LogP contribution >= 0.6 is 31.9 Å². The molecule has 1 unspecified atom stereocenters. The van der Waals surface area contributed by atoms with Crippen molar-refractivity contribution < 1.29 is 5.11 Å². The summed E-state index contributed by atoms with van der Waals surface area (Å²) < 4.78 is 3.77. The molecule has 17 heavy (non-hydrogen) atoms. The summed E-state index contributed by atoms with van der Waals surface area (Å²) in [5.74, 6) is 0.865. The lowest BCUT2D eigenvalue weighted by atomic mass is 10.1. The van der Waals surface area contributed by atoms with Gasteiger partial charge in [-0.25, -0.2) is 4.98 Å². The summed E-state index contributed by atoms with van der Waals surface area (Å²) in [5.41, 5.74) is 0.863. The van der Waals surface area contributed by atoms with Crippen molar-refractivity contribution in [3.05, 3.63) is 50.9 Å². The molecule has 0 saturated carbocycles. The number of benzene rings is 1. The normalized spacial score (nSPS) is 12.7. The number of hydrogen-bond donors (Lipinski definition) is 1. The second-order valence-corrected chi connectivity index (χ2v) is 5.61. The first-order chi connectivity index (χ1) is 8.08. The smallest absolute Gasteiger partial charge is 0.111 e. The number of imidazole rings is 1. The average Bonchev–Trinajstić information content (AvgIpc) is 2.68. The number of aliphatic hydroxyl groups excluding tert-OH is 1. The average molecular weight is 360 g/mol. The van der Waals surface area contributed by atoms with Crippen LogP contribution in [0.3, 0.4) is 0 Å². The van der Waals surface area contributed by atoms with Crippen LogP contribution in [0.1, 0.15) is 17.5 Å². The maximum absolute atomic E-state index is 10.2. The van der Waals surface area contributed by atoms with E-state index in [1.807, 2.05) is 36.0 Å². The summed E-state index contributed by atoms with van der Waals surface area (Å²) in [6.45, 7) is 0. The molecule has 0 amide bonds. The predicted octanol–water partition coefficient (Wildman–Crippen LogP) is 3.22. The van der Waals surface area contributed by atoms with E-state index in [2.05, 4.69) is 36.8 Å². The summed E-state index contributed by atoms with van der Waals surface area (Å²) in [5, 5.41) is 10.2. The maximum Gasteiger partial charge on any atom is 0.111 e. The first-order valence-corrected chi connectivity index (χ1v) is 6.75. The summed E-state index contributed by atoms with van der Waals surface area (Å²) in [4.78, 5) is 4.21. The van der Waals surface area contributed by atoms with E-state index in [0.29, 0.717) is 6.42 Å². The zero-order chi connectivity index (χ0) is 12.4. The van der Waals surface area contributed by atoms with Crippen LogP contribution < -0.4 is 0 Å². The monoisotopic (exact) mass is 358 g/mol. The molecule has 0 radical (unpaired) electrons. The fourth-order valence-electron chi connectivity index (χ4n) is 1.65. The highest BCUT2D eigenvalue weighted by Gasteiger charge is 2.14. The Morgan fingerprint density at radius 1 is 1.41 bits per heavy atom. The number of aliphatic hydroxyl groups is 1. The van der Waals surface area contributed by atoms with E-state index >= 15 is 0 Å². The van der Waals surface area contributed by atoms with Gasteiger partial charge in [0.2, 0.25) is 0 Å². The van der Waals surface area contributed by atoms with Crippen molar-refractivity contribution in [3.63, 3.8) is 0 Å². The zero-order valence-corrected chi connectivity index (χ0v) is 12.4. The Balaban J connectivity index is 2.23. The first-order valence-electron chi connectivity index (χ1n) is 5.17. The van der Waals surface area contributed by atoms with Crippen molar-refractivity contribution in [2.45, 2.75) is 12.5 Å². The highest BCUT2D eigenvalue weighted by Crippen LogP contribution is 2.28. The molecule has 0 aliphatic rings. The third-order valence-corrected chi connectivity index (χ3v) is 3.83. The van der Waals surface area contributed by atoms with Gasteiger partial charge in [-0.15, -0.1) is 0 Å². The van der Waals surface area contributed by atoms with E-state index in [1.165, 1.54) is 0 Å². The van der Waals surface area contributed by atoms with Gasteiger partial charge >= 0.3 is 0 Å². The molecule has 0 aliphatic heterocycles. The molecule has 2 aromatic rings. The Morgan fingerprint density at radius 3 is 2.82 bits per heavy atom. The molecule has 1 aromatic carbocycles. The predicted molar refractivity (Wildman–Crippen MR) is 73.7 cm³/mol. The number of halogens is 2. The lowest BCUT2D eigenvalue weighted by Crippen LogP contribution is -2.07. The van der Waals surface area contributed by atoms with Gasteiger partial charge in [-0.1, -0.05) is 31.9 Å². The van der Waals surface area contributed by atoms with Gasteiger partial charge in [0.05, 0.1) is 6.10 Å². The van der Waals surface area contributed by atoms with Crippen molar-refractivity contribution in [1.29, 1.82) is 0 Å². The Kier molecular flexibility index (Phi) is 4.01. The third-order valence-electron chi connectivity index (χ3n) is 2.61. The maximum atomic E-state index is 10.2. The van der Waals surface area contributed by atoms with Crippen LogP contribution in [0.15, 0.2) is 39.5 Å². The van der Waals surface area contributed by atoms with Gasteiger partial charge in [0, 0.05) is 34.8 Å². The number of nitrogens with zero attached hydrogens (tertiary/aromatic N) is 2. The van der Waals surface area contributed by atoms with Gasteiger partial charge in [0.1, 0.15) is 5.82 Å². The number of rotatable bonds is 3. The van der Waals surface area contributed by atoms with Crippen molar-refractivity contribution in [3.8, 4) is 0 Å². The number of aromatic nitrogens is 2. The Morgan fingerprint density at radius 2 is 2.18 bits per heavy atom. The molecule has 1 N–H and O–H groups in total. The van der Waals surface area contributed by atoms with Gasteiger partial charge in [-0.3, -0.25) is 0 Å². The summed E-state index contributed by atoms with van der Waals surface area (Å²) in [6.07, 6.45) is 3.54. The highest BCUT2D eigenvalue weighted by atomic mass is 79.9. The fourth-order valence-corrected chi connectivity index (χ4v) is 2.54. The lowest BCUT2D eigenvalue weighted by molar-refractivity contribution is 0.174. The van der Waals surface area contributed by atoms with Crippen LogP contribution in [0.5, 0.6) is 0 Å². The van der Waals surface area contributed by atoms with Gasteiger partial charge in [0.15, 0.2) is 0 Å². The molecule has 90 valence electrons. The van der Waals surface area contributed by atoms with Gasteiger partial charge in [-0.05, 0) is 23.8 Å². The van der Waals surface area contributed by atoms with E-state index in [0.717, 1.165) is 20.3 Å². The molecule has 0 spiro atoms. The van der Waals surface area contributed by atoms with Crippen LogP contribution in [0.25, 0.3) is 0 Å². The van der Waals surface area contributed by atoms with E-state index < -0.39 is 6.10 Å². The molecule has 1 heterocycles. The number of hydrogen-bond acceptors (Lipinski definition) is 2. The standard InChI is InChI=1S/C12H12Br2N2O/c1-16-5-4-15-12(16)7-11(17)9-6-8(13)2-3-10(9)14/h2-6,11,17H,7H2,1H3. The van der Waals surface area contributed by atoms with E-state index in [9.17, 15) is 5.11 Å². The Bertz CT molecular complexity index is 525. The van der Waals surface area contributed by atoms with Crippen molar-refractivity contribution in [1.82, 2.24) is 9.55 Å². The van der Waals surface area contributed by atoms with Crippen LogP contribution in [-0.4, -0.2) is 14.7 Å². The van der Waals surface area contributed by atoms with E-state index in [4.69, 9.17) is 0 Å². The molecule has 0 fully saturated rings. The molecule has 1 atom stereocenters. The molecule has 5 heteroatoms. The zero-order valence-electron chi connectivity index (χ0n) is 9.27. The first kappa shape index (κ1) is 12.8. The van der Waals surface area contributed by atoms with Gasteiger partial charge < -0.3 is 9.67 Å². The van der Waals surface area contributed by atoms with Crippen molar-refractivity contribution in [2.75, 3.05) is 0 Å². The largest absolute Gasteiger partial charge is 0.388 e. The third kappa shape index (κ3) is 2.97. The summed E-state index contributed by atoms with van der Waals surface area (Å²) in [6, 6.07) is 5.76. The van der Waals surface area contributed by atoms with Crippen LogP contribution in [0.2, 0.25) is 0 Å². The molecule has 0 bridgehead atoms. The topological polar surface area (TPSA) is 38.0 Å². The van der Waals surface area contributed by atoms with E-state index in [-0.39, 0.29) is 0 Å². The highest BCUT2D eigenvalue weighted by molar-refractivity contribution is 9.11. The van der Waals surface area contributed by atoms with E-state index in [1.54, 1.807) is 6.20 Å². The molecular weight excluding hydrogens is 348 g/mol. The summed E-state index contributed by atoms with van der Waals surface area (Å²) >= 11 is 6.85. The molecule has 1 aromatic heterocycles. The van der Waals surface area contributed by atoms with Crippen LogP contribution in [-0.2, 0) is 13.5 Å². The number of aryl methyl sites for hydroxylation is 1. The summed E-state index contributed by atoms with van der Waals surface area (Å²) in [7, 11) is 1.92. The van der Waals surface area contributed by atoms with Crippen molar-refractivity contribution in [2.24, 2.45) is 7.05 Å². The Labute approximate surface area is 117 Å². The SMILES string of the molecule is Cn1ccnc1CC(O)c1cc(Br)ccc1Br. The molecule has 0 saturated heterocycles. The minimum absolute atomic E-state index is 0.499. The molecular formula is C12H12Br2N2O. The minimum Gasteiger partial charge on any atom is -0.388 e. The molecule has 0 aliphatic carbocycles. The second-order valence-electron chi connectivity index (χ2n) is 3.84. The minimum atomic E-state index is -0.567. The van der Waals surface area contributed by atoms with Crippen LogP contribution in [0.4, 0.5) is 0 Å². The van der Waals surface area contributed by atoms with Crippen molar-refractivity contribution >= 4 is 31.9 Å². The second kappa shape index (κ2) is 5.33. The van der Waals surface area contributed by atoms with Gasteiger partial charge in [-0.2, -0.15) is 0 Å².